The van der Waals surface area contributed by atoms with Crippen LogP contribution < -0.4 is 56.7 Å². The zero-order chi connectivity index (χ0) is 20.7. The van der Waals surface area contributed by atoms with Crippen molar-refractivity contribution >= 4 is 16.0 Å². The van der Waals surface area contributed by atoms with Crippen LogP contribution in [0.3, 0.4) is 0 Å². The van der Waals surface area contributed by atoms with Crippen LogP contribution in [-0.4, -0.2) is 36.8 Å². The van der Waals surface area contributed by atoms with Gasteiger partial charge in [0.05, 0.1) is 15.9 Å². The number of nitrogens with zero attached hydrogens (tertiary/aromatic N) is 2. The predicted octanol–water partition coefficient (Wildman–Crippen LogP) is 0.685. The first kappa shape index (κ1) is 28.9. The zero-order valence-electron chi connectivity index (χ0n) is 17.6. The van der Waals surface area contributed by atoms with Gasteiger partial charge in [-0.05, 0) is 44.9 Å². The summed E-state index contributed by atoms with van der Waals surface area (Å²) >= 11 is 0. The van der Waals surface area contributed by atoms with Gasteiger partial charge in [0, 0.05) is 19.4 Å². The van der Waals surface area contributed by atoms with Crippen LogP contribution in [0.4, 0.5) is 0 Å². The number of hydrogen-bond donors (Lipinski definition) is 1. The van der Waals surface area contributed by atoms with Gasteiger partial charge < -0.3 is 9.87 Å². The molecule has 0 aromatic rings. The smallest absolute Gasteiger partial charge is 0.748 e. The van der Waals surface area contributed by atoms with Gasteiger partial charge in [-0.15, -0.1) is 12.3 Å². The number of rotatable bonds is 17. The SMILES string of the molecule is C#CCCCC1(CC/C=C\CCCCCCCC(=O)NCCS(=O)(=O)[O-])N=N1.[K+]. The van der Waals surface area contributed by atoms with E-state index in [1.54, 1.807) is 0 Å². The predicted molar refractivity (Wildman–Crippen MR) is 109 cm³/mol. The van der Waals surface area contributed by atoms with Gasteiger partial charge in [0.25, 0.3) is 0 Å². The summed E-state index contributed by atoms with van der Waals surface area (Å²) in [6.45, 7) is -0.106. The average molecular weight is 450 g/mol. The molecule has 7 nitrogen and oxygen atoms in total. The summed E-state index contributed by atoms with van der Waals surface area (Å²) < 4.78 is 31.3. The molecular weight excluding hydrogens is 417 g/mol. The minimum absolute atomic E-state index is 0. The van der Waals surface area contributed by atoms with E-state index in [2.05, 4.69) is 33.6 Å². The first-order valence-corrected chi connectivity index (χ1v) is 11.7. The summed E-state index contributed by atoms with van der Waals surface area (Å²) in [6.07, 6.45) is 20.9. The Morgan fingerprint density at radius 3 is 2.34 bits per heavy atom. The van der Waals surface area contributed by atoms with Gasteiger partial charge >= 0.3 is 51.4 Å². The summed E-state index contributed by atoms with van der Waals surface area (Å²) in [4.78, 5) is 11.5. The van der Waals surface area contributed by atoms with Crippen molar-refractivity contribution in [3.05, 3.63) is 12.2 Å². The number of amides is 1. The molecule has 1 N–H and O–H groups in total. The second-order valence-electron chi connectivity index (χ2n) is 7.17. The Kier molecular flexibility index (Phi) is 16.5. The monoisotopic (exact) mass is 449 g/mol. The van der Waals surface area contributed by atoms with Crippen molar-refractivity contribution in [3.63, 3.8) is 0 Å². The van der Waals surface area contributed by atoms with E-state index in [1.165, 1.54) is 0 Å². The van der Waals surface area contributed by atoms with Crippen LogP contribution in [0.5, 0.6) is 0 Å². The number of unbranched alkanes of at least 4 members (excludes halogenated alkanes) is 6. The molecule has 0 spiro atoms. The third-order valence-electron chi connectivity index (χ3n) is 4.61. The molecule has 0 saturated carbocycles. The van der Waals surface area contributed by atoms with Crippen LogP contribution >= 0.6 is 0 Å². The van der Waals surface area contributed by atoms with Crippen molar-refractivity contribution < 1.29 is 69.1 Å². The van der Waals surface area contributed by atoms with E-state index in [9.17, 15) is 17.8 Å². The van der Waals surface area contributed by atoms with E-state index in [1.807, 2.05) is 0 Å². The molecule has 1 heterocycles. The first-order chi connectivity index (χ1) is 13.4. The largest absolute Gasteiger partial charge is 1.00 e. The minimum atomic E-state index is -4.26. The zero-order valence-corrected chi connectivity index (χ0v) is 21.5. The van der Waals surface area contributed by atoms with Gasteiger partial charge in [-0.2, -0.15) is 10.2 Å². The quantitative estimate of drug-likeness (QED) is 0.116. The van der Waals surface area contributed by atoms with E-state index in [4.69, 9.17) is 6.42 Å². The molecule has 0 aromatic carbocycles. The first-order valence-electron chi connectivity index (χ1n) is 10.1. The Labute approximate surface area is 218 Å². The maximum atomic E-state index is 11.5. The number of carbonyl (C=O) groups excluding carboxylic acids is 1. The average Bonchev–Trinajstić information content (AvgIpc) is 3.39. The number of allylic oxidation sites excluding steroid dienone is 2. The van der Waals surface area contributed by atoms with E-state index in [0.29, 0.717) is 6.42 Å². The van der Waals surface area contributed by atoms with Crippen molar-refractivity contribution in [1.29, 1.82) is 0 Å². The third-order valence-corrected chi connectivity index (χ3v) is 5.31. The molecule has 0 atom stereocenters. The maximum absolute atomic E-state index is 11.5. The molecule has 0 radical (unpaired) electrons. The van der Waals surface area contributed by atoms with E-state index in [0.717, 1.165) is 70.6 Å². The van der Waals surface area contributed by atoms with Gasteiger partial charge in [0.2, 0.25) is 5.91 Å². The third kappa shape index (κ3) is 17.3. The van der Waals surface area contributed by atoms with Crippen molar-refractivity contribution in [3.8, 4) is 12.3 Å². The topological polar surface area (TPSA) is 111 Å². The van der Waals surface area contributed by atoms with E-state index < -0.39 is 15.9 Å². The normalized spacial score (nSPS) is 14.3. The Balaban J connectivity index is 0.00000784. The minimum Gasteiger partial charge on any atom is -0.748 e. The number of terminal acetylenes is 1. The second kappa shape index (κ2) is 16.6. The molecule has 0 aromatic heterocycles. The van der Waals surface area contributed by atoms with Gasteiger partial charge in [-0.25, -0.2) is 8.42 Å². The fourth-order valence-corrected chi connectivity index (χ4v) is 3.25. The standard InChI is InChI=1S/C20H33N3O4S.K/c1-2-3-12-15-20(22-23-20)16-13-10-8-6-4-5-7-9-11-14-19(24)21-17-18-28(25,26)27;/h1,8,10H,3-7,9,11-18H2,(H,21,24)(H,25,26,27);/q;+1/p-1/b10-8-;. The van der Waals surface area contributed by atoms with Crippen LogP contribution in [0.2, 0.25) is 0 Å². The number of carbonyl (C=O) groups is 1. The van der Waals surface area contributed by atoms with Crippen molar-refractivity contribution in [2.45, 2.75) is 82.7 Å². The Morgan fingerprint density at radius 1 is 1.03 bits per heavy atom. The van der Waals surface area contributed by atoms with Gasteiger partial charge in [-0.1, -0.05) is 31.4 Å². The molecule has 0 fully saturated rings. The molecule has 29 heavy (non-hydrogen) atoms. The Morgan fingerprint density at radius 2 is 1.69 bits per heavy atom. The summed E-state index contributed by atoms with van der Waals surface area (Å²) in [5.74, 6) is 1.90. The summed E-state index contributed by atoms with van der Waals surface area (Å²) in [7, 11) is -4.26. The molecule has 1 amide bonds. The molecule has 9 heteroatoms. The van der Waals surface area contributed by atoms with Crippen LogP contribution in [0, 0.1) is 12.3 Å². The van der Waals surface area contributed by atoms with Gasteiger partial charge in [-0.3, -0.25) is 4.79 Å². The molecule has 158 valence electrons. The molecule has 1 aliphatic heterocycles. The molecule has 0 bridgehead atoms. The molecule has 0 saturated heterocycles. The molecule has 0 aliphatic carbocycles. The summed E-state index contributed by atoms with van der Waals surface area (Å²) in [6, 6.07) is 0. The van der Waals surface area contributed by atoms with Crippen LogP contribution in [0.1, 0.15) is 77.0 Å². The van der Waals surface area contributed by atoms with Gasteiger partial charge in [0.1, 0.15) is 0 Å². The Bertz CT molecular complexity index is 666. The molecular formula is C20H32KN3O4S. The second-order valence-corrected chi connectivity index (χ2v) is 8.69. The van der Waals surface area contributed by atoms with Crippen molar-refractivity contribution in [1.82, 2.24) is 5.32 Å². The molecule has 1 aliphatic rings. The summed E-state index contributed by atoms with van der Waals surface area (Å²) in [5.41, 5.74) is -0.142. The van der Waals surface area contributed by atoms with Gasteiger partial charge in [0.15, 0.2) is 5.66 Å². The Hall–Kier alpha value is -0.0836. The number of nitrogens with one attached hydrogen (secondary N) is 1. The van der Waals surface area contributed by atoms with E-state index >= 15 is 0 Å². The fraction of sp³-hybridized carbons (Fsp3) is 0.750. The maximum Gasteiger partial charge on any atom is 1.00 e. The van der Waals surface area contributed by atoms with Crippen molar-refractivity contribution in [2.75, 3.05) is 12.3 Å². The molecule has 0 unspecified atom stereocenters. The van der Waals surface area contributed by atoms with Crippen LogP contribution in [-0.2, 0) is 14.9 Å². The number of hydrogen-bond acceptors (Lipinski definition) is 6. The van der Waals surface area contributed by atoms with Crippen molar-refractivity contribution in [2.24, 2.45) is 10.2 Å². The fourth-order valence-electron chi connectivity index (χ4n) is 2.90. The van der Waals surface area contributed by atoms with Crippen LogP contribution in [0.15, 0.2) is 22.4 Å². The van der Waals surface area contributed by atoms with Crippen LogP contribution in [0.25, 0.3) is 0 Å². The van der Waals surface area contributed by atoms with E-state index in [-0.39, 0.29) is 69.5 Å². The molecule has 1 rings (SSSR count). The summed E-state index contributed by atoms with van der Waals surface area (Å²) in [5, 5.41) is 10.8.